The van der Waals surface area contributed by atoms with Crippen LogP contribution in [0.3, 0.4) is 0 Å². The van der Waals surface area contributed by atoms with Crippen LogP contribution in [-0.4, -0.2) is 67.7 Å². The highest BCUT2D eigenvalue weighted by Crippen LogP contribution is 2.32. The van der Waals surface area contributed by atoms with E-state index in [2.05, 4.69) is 10.3 Å². The first-order chi connectivity index (χ1) is 18.1. The lowest BCUT2D eigenvalue weighted by Crippen LogP contribution is -2.48. The second kappa shape index (κ2) is 11.9. The van der Waals surface area contributed by atoms with Gasteiger partial charge in [0.1, 0.15) is 11.6 Å². The zero-order valence-electron chi connectivity index (χ0n) is 20.9. The average Bonchev–Trinajstić information content (AvgIpc) is 2.89. The van der Waals surface area contributed by atoms with E-state index in [1.165, 1.54) is 34.8 Å². The molecule has 0 bridgehead atoms. The first-order valence-electron chi connectivity index (χ1n) is 11.9. The Bertz CT molecular complexity index is 1460. The molecule has 0 aliphatic carbocycles. The lowest BCUT2D eigenvalue weighted by molar-refractivity contribution is -0.137. The summed E-state index contributed by atoms with van der Waals surface area (Å²) in [6, 6.07) is 11.7. The van der Waals surface area contributed by atoms with Crippen LogP contribution in [0.5, 0.6) is 0 Å². The van der Waals surface area contributed by atoms with Gasteiger partial charge < -0.3 is 15.0 Å². The van der Waals surface area contributed by atoms with Crippen LogP contribution in [0.4, 0.5) is 21.8 Å². The molecule has 2 heterocycles. The van der Waals surface area contributed by atoms with E-state index in [1.807, 2.05) is 29.2 Å². The number of hydrogen-bond donors (Lipinski definition) is 1. The molecule has 3 aromatic rings. The number of sulfonamides is 1. The van der Waals surface area contributed by atoms with Crippen LogP contribution < -0.4 is 10.2 Å². The molecule has 38 heavy (non-hydrogen) atoms. The maximum absolute atomic E-state index is 13.6. The highest BCUT2D eigenvalue weighted by molar-refractivity contribution is 7.88. The van der Waals surface area contributed by atoms with Crippen molar-refractivity contribution < 1.29 is 22.3 Å². The van der Waals surface area contributed by atoms with Crippen molar-refractivity contribution in [3.8, 4) is 11.1 Å². The Balaban J connectivity index is 1.68. The van der Waals surface area contributed by atoms with E-state index in [0.717, 1.165) is 16.7 Å². The Morgan fingerprint density at radius 1 is 1.18 bits per heavy atom. The first kappa shape index (κ1) is 27.5. The lowest BCUT2D eigenvalue weighted by Gasteiger charge is -2.35. The Kier molecular flexibility index (Phi) is 8.60. The topological polar surface area (TPSA) is 105 Å². The Morgan fingerprint density at radius 3 is 2.63 bits per heavy atom. The number of nitrogens with one attached hydrogen (secondary N) is 1. The number of benzene rings is 2. The van der Waals surface area contributed by atoms with Crippen molar-refractivity contribution in [2.45, 2.75) is 6.92 Å². The third-order valence-corrected chi connectivity index (χ3v) is 7.44. The van der Waals surface area contributed by atoms with Gasteiger partial charge in [-0.2, -0.15) is 9.29 Å². The molecular formula is C26H27ClFN5O4S. The summed E-state index contributed by atoms with van der Waals surface area (Å²) < 4.78 is 44.0. The van der Waals surface area contributed by atoms with Crippen molar-refractivity contribution in [2.24, 2.45) is 0 Å². The molecule has 9 nitrogen and oxygen atoms in total. The lowest BCUT2D eigenvalue weighted by atomic mass is 10.0. The van der Waals surface area contributed by atoms with E-state index in [4.69, 9.17) is 21.3 Å². The fraction of sp³-hybridized carbons (Fsp3) is 0.269. The van der Waals surface area contributed by atoms with E-state index in [9.17, 15) is 17.6 Å². The normalized spacial score (nSPS) is 14.6. The molecule has 0 atom stereocenters. The number of carbonyl (C=O) groups is 1. The summed E-state index contributed by atoms with van der Waals surface area (Å²) in [5.74, 6) is -0.0810. The second-order valence-corrected chi connectivity index (χ2v) is 10.9. The molecule has 12 heteroatoms. The van der Waals surface area contributed by atoms with E-state index < -0.39 is 21.8 Å². The van der Waals surface area contributed by atoms with Gasteiger partial charge in [0.15, 0.2) is 0 Å². The van der Waals surface area contributed by atoms with E-state index in [-0.39, 0.29) is 11.0 Å². The predicted octanol–water partition coefficient (Wildman–Crippen LogP) is 4.34. The predicted molar refractivity (Wildman–Crippen MR) is 146 cm³/mol. The number of carbonyl (C=O) groups excluding carboxylic acids is 1. The molecule has 1 aliphatic rings. The van der Waals surface area contributed by atoms with Gasteiger partial charge in [0.05, 0.1) is 17.9 Å². The van der Waals surface area contributed by atoms with Gasteiger partial charge in [0.25, 0.3) is 0 Å². The third-order valence-electron chi connectivity index (χ3n) is 5.85. The molecule has 0 radical (unpaired) electrons. The van der Waals surface area contributed by atoms with Crippen LogP contribution in [0.15, 0.2) is 54.7 Å². The van der Waals surface area contributed by atoms with Gasteiger partial charge in [0.2, 0.25) is 16.0 Å². The van der Waals surface area contributed by atoms with Gasteiger partial charge in [-0.25, -0.2) is 22.6 Å². The SMILES string of the molecule is CCOC(=O)/C=C/c1cccc(-c2cnc(Nc3ccc(F)c(Cl)c3)nc2N2CCN(S(C)(=O)=O)CC2)c1. The Hall–Kier alpha value is -3.54. The minimum Gasteiger partial charge on any atom is -0.463 e. The van der Waals surface area contributed by atoms with Gasteiger partial charge in [-0.15, -0.1) is 0 Å². The fourth-order valence-electron chi connectivity index (χ4n) is 3.98. The van der Waals surface area contributed by atoms with Gasteiger partial charge in [-0.05, 0) is 48.4 Å². The van der Waals surface area contributed by atoms with Gasteiger partial charge in [-0.1, -0.05) is 29.8 Å². The largest absolute Gasteiger partial charge is 0.463 e. The Morgan fingerprint density at radius 2 is 1.95 bits per heavy atom. The maximum atomic E-state index is 13.6. The number of ether oxygens (including phenoxy) is 1. The molecular weight excluding hydrogens is 533 g/mol. The molecule has 0 amide bonds. The molecule has 2 aromatic carbocycles. The molecule has 1 aromatic heterocycles. The van der Waals surface area contributed by atoms with Crippen LogP contribution in [0.2, 0.25) is 5.02 Å². The number of piperazine rings is 1. The third kappa shape index (κ3) is 6.85. The number of esters is 1. The van der Waals surface area contributed by atoms with E-state index in [0.29, 0.717) is 44.3 Å². The minimum atomic E-state index is -3.30. The zero-order valence-corrected chi connectivity index (χ0v) is 22.5. The van der Waals surface area contributed by atoms with Crippen molar-refractivity contribution in [3.63, 3.8) is 0 Å². The minimum absolute atomic E-state index is 0.0311. The molecule has 0 unspecified atom stereocenters. The second-order valence-electron chi connectivity index (χ2n) is 8.54. The summed E-state index contributed by atoms with van der Waals surface area (Å²) >= 11 is 5.91. The van der Waals surface area contributed by atoms with Gasteiger partial charge in [0, 0.05) is 49.7 Å². The molecule has 200 valence electrons. The molecule has 1 N–H and O–H groups in total. The highest BCUT2D eigenvalue weighted by Gasteiger charge is 2.26. The smallest absolute Gasteiger partial charge is 0.330 e. The van der Waals surface area contributed by atoms with Crippen LogP contribution in [-0.2, 0) is 19.6 Å². The van der Waals surface area contributed by atoms with Crippen molar-refractivity contribution >= 4 is 51.1 Å². The quantitative estimate of drug-likeness (QED) is 0.321. The number of aromatic nitrogens is 2. The standard InChI is InChI=1S/C26H27ClFN5O4S/c1-3-37-24(34)10-7-18-5-4-6-19(15-18)21-17-29-26(30-20-8-9-23(28)22(27)16-20)31-25(21)32-11-13-33(14-12-32)38(2,35)36/h4-10,15-17H,3,11-14H2,1-2H3,(H,29,30,31)/b10-7+. The molecule has 0 saturated carbocycles. The summed E-state index contributed by atoms with van der Waals surface area (Å²) in [5, 5.41) is 3.02. The molecule has 1 aliphatic heterocycles. The van der Waals surface area contributed by atoms with E-state index in [1.54, 1.807) is 19.2 Å². The van der Waals surface area contributed by atoms with Crippen LogP contribution >= 0.6 is 11.6 Å². The Labute approximate surface area is 226 Å². The van der Waals surface area contributed by atoms with Crippen LogP contribution in [0.1, 0.15) is 12.5 Å². The van der Waals surface area contributed by atoms with Crippen molar-refractivity contribution in [3.05, 3.63) is 71.1 Å². The van der Waals surface area contributed by atoms with Gasteiger partial charge >= 0.3 is 5.97 Å². The summed E-state index contributed by atoms with van der Waals surface area (Å²) in [4.78, 5) is 22.9. The summed E-state index contributed by atoms with van der Waals surface area (Å²) in [7, 11) is -3.30. The highest BCUT2D eigenvalue weighted by atomic mass is 35.5. The average molecular weight is 560 g/mol. The van der Waals surface area contributed by atoms with Crippen molar-refractivity contribution in [1.82, 2.24) is 14.3 Å². The zero-order chi connectivity index (χ0) is 27.3. The molecule has 0 spiro atoms. The number of nitrogens with zero attached hydrogens (tertiary/aromatic N) is 4. The monoisotopic (exact) mass is 559 g/mol. The summed E-state index contributed by atoms with van der Waals surface area (Å²) in [6.45, 7) is 3.54. The maximum Gasteiger partial charge on any atom is 0.330 e. The molecule has 4 rings (SSSR count). The molecule has 1 fully saturated rings. The summed E-state index contributed by atoms with van der Waals surface area (Å²) in [5.41, 5.74) is 2.84. The summed E-state index contributed by atoms with van der Waals surface area (Å²) in [6.07, 6.45) is 5.91. The van der Waals surface area contributed by atoms with Crippen molar-refractivity contribution in [2.75, 3.05) is 49.3 Å². The van der Waals surface area contributed by atoms with E-state index >= 15 is 0 Å². The van der Waals surface area contributed by atoms with Gasteiger partial charge in [-0.3, -0.25) is 0 Å². The van der Waals surface area contributed by atoms with Crippen LogP contribution in [0, 0.1) is 5.82 Å². The van der Waals surface area contributed by atoms with Crippen molar-refractivity contribution in [1.29, 1.82) is 0 Å². The fourth-order valence-corrected chi connectivity index (χ4v) is 4.98. The molecule has 1 saturated heterocycles. The first-order valence-corrected chi connectivity index (χ1v) is 14.1. The number of rotatable bonds is 8. The number of anilines is 3. The number of hydrogen-bond acceptors (Lipinski definition) is 8. The number of halogens is 2. The van der Waals surface area contributed by atoms with Crippen LogP contribution in [0.25, 0.3) is 17.2 Å².